The maximum absolute atomic E-state index is 13.6. The number of ether oxygens (including phenoxy) is 3. The van der Waals surface area contributed by atoms with Crippen LogP contribution in [0.3, 0.4) is 0 Å². The Balaban J connectivity index is 1.59. The third kappa shape index (κ3) is 7.67. The number of nitrogens with zero attached hydrogens (tertiary/aromatic N) is 4. The smallest absolute Gasteiger partial charge is 0.410 e. The van der Waals surface area contributed by atoms with Crippen molar-refractivity contribution in [2.24, 2.45) is 17.8 Å². The van der Waals surface area contributed by atoms with Gasteiger partial charge in [0.25, 0.3) is 0 Å². The fourth-order valence-corrected chi connectivity index (χ4v) is 7.31. The van der Waals surface area contributed by atoms with Crippen molar-refractivity contribution < 1.29 is 28.6 Å². The lowest BCUT2D eigenvalue weighted by Gasteiger charge is -2.41. The van der Waals surface area contributed by atoms with Crippen molar-refractivity contribution in [1.82, 2.24) is 25.2 Å². The number of aromatic nitrogens is 3. The van der Waals surface area contributed by atoms with Gasteiger partial charge in [0.05, 0.1) is 25.7 Å². The third-order valence-corrected chi connectivity index (χ3v) is 10.2. The van der Waals surface area contributed by atoms with Gasteiger partial charge in [-0.05, 0) is 77.4 Å². The highest BCUT2D eigenvalue weighted by Crippen LogP contribution is 2.40. The van der Waals surface area contributed by atoms with Crippen molar-refractivity contribution >= 4 is 31.4 Å². The Kier molecular flexibility index (Phi) is 11.4. The summed E-state index contributed by atoms with van der Waals surface area (Å²) in [6.45, 7) is 14.5. The van der Waals surface area contributed by atoms with Crippen LogP contribution in [0.4, 0.5) is 10.5 Å². The molecule has 0 unspecified atom stereocenters. The quantitative estimate of drug-likeness (QED) is 0.195. The Morgan fingerprint density at radius 3 is 2.53 bits per heavy atom. The van der Waals surface area contributed by atoms with Crippen LogP contribution >= 0.6 is 0 Å². The van der Waals surface area contributed by atoms with Gasteiger partial charge in [-0.15, -0.1) is 5.10 Å². The standard InChI is InChI=1S/C34H51BN6O6/c1-9-27-34(7)30(41(32(44)47-34)15-11-14-40-19-26(38-39-40)24-12-10-13-25(36)16-24)23(5)37-18-20(2)17-33(6,45-8)29(35)21(3)28(42)22(4)31(43)46-27/h10,12-13,16,19-23,27,29-30,37H,9,11,14-15,17-18,36H2,1-8H3/t20-,21+,22-,23-,27-,29-,30-,33-,34-/m1/s1. The summed E-state index contributed by atoms with van der Waals surface area (Å²) in [4.78, 5) is 42.3. The summed E-state index contributed by atoms with van der Waals surface area (Å²) < 4.78 is 19.8. The molecule has 3 N–H and O–H groups in total. The average Bonchev–Trinajstić information content (AvgIpc) is 3.62. The number of carbonyl (C=O) groups excluding carboxylic acids is 3. The van der Waals surface area contributed by atoms with Crippen molar-refractivity contribution in [2.45, 2.75) is 109 Å². The van der Waals surface area contributed by atoms with Gasteiger partial charge in [0, 0.05) is 43.4 Å². The number of carbonyl (C=O) groups is 3. The van der Waals surface area contributed by atoms with Gasteiger partial charge in [0.2, 0.25) is 0 Å². The first-order chi connectivity index (χ1) is 22.1. The number of amides is 1. The van der Waals surface area contributed by atoms with Gasteiger partial charge in [0.15, 0.2) is 5.60 Å². The van der Waals surface area contributed by atoms with E-state index in [2.05, 4.69) is 22.6 Å². The molecule has 4 rings (SSSR count). The number of nitrogens with one attached hydrogen (secondary N) is 1. The minimum atomic E-state index is -1.18. The predicted octanol–water partition coefficient (Wildman–Crippen LogP) is 4.04. The minimum Gasteiger partial charge on any atom is -0.458 e. The second-order valence-corrected chi connectivity index (χ2v) is 13.8. The molecule has 2 aromatic rings. The number of ketones is 1. The molecule has 12 nitrogen and oxygen atoms in total. The molecule has 2 saturated heterocycles. The topological polar surface area (TPSA) is 151 Å². The second-order valence-electron chi connectivity index (χ2n) is 13.8. The highest BCUT2D eigenvalue weighted by molar-refractivity contribution is 6.15. The Hall–Kier alpha value is -3.45. The first kappa shape index (κ1) is 36.4. The fourth-order valence-electron chi connectivity index (χ4n) is 7.31. The molecule has 2 fully saturated rings. The van der Waals surface area contributed by atoms with Crippen molar-refractivity contribution in [1.29, 1.82) is 0 Å². The minimum absolute atomic E-state index is 0.109. The average molecular weight is 651 g/mol. The van der Waals surface area contributed by atoms with Gasteiger partial charge in [0.1, 0.15) is 23.5 Å². The van der Waals surface area contributed by atoms with Crippen molar-refractivity contribution in [3.05, 3.63) is 30.5 Å². The Morgan fingerprint density at radius 2 is 1.87 bits per heavy atom. The van der Waals surface area contributed by atoms with Crippen LogP contribution in [0.1, 0.15) is 67.7 Å². The molecule has 2 aliphatic rings. The fraction of sp³-hybridized carbons (Fsp3) is 0.676. The number of esters is 1. The van der Waals surface area contributed by atoms with Crippen molar-refractivity contribution in [3.8, 4) is 11.3 Å². The number of aryl methyl sites for hydroxylation is 1. The number of nitrogen functional groups attached to an aromatic ring is 1. The zero-order valence-corrected chi connectivity index (χ0v) is 29.1. The van der Waals surface area contributed by atoms with E-state index in [0.29, 0.717) is 50.3 Å². The van der Waals surface area contributed by atoms with Gasteiger partial charge in [-0.1, -0.05) is 38.1 Å². The van der Waals surface area contributed by atoms with Crippen LogP contribution in [0.25, 0.3) is 11.3 Å². The van der Waals surface area contributed by atoms with Gasteiger partial charge in [-0.3, -0.25) is 19.2 Å². The van der Waals surface area contributed by atoms with E-state index in [4.69, 9.17) is 27.8 Å². The number of nitrogens with two attached hydrogens (primary N) is 1. The van der Waals surface area contributed by atoms with E-state index in [0.717, 1.165) is 5.56 Å². The van der Waals surface area contributed by atoms with Crippen LogP contribution in [0.5, 0.6) is 0 Å². The highest BCUT2D eigenvalue weighted by Gasteiger charge is 2.58. The Bertz CT molecular complexity index is 1420. The zero-order valence-electron chi connectivity index (χ0n) is 29.1. The van der Waals surface area contributed by atoms with E-state index in [1.165, 1.54) is 0 Å². The lowest BCUT2D eigenvalue weighted by atomic mass is 9.62. The molecule has 13 heteroatoms. The Morgan fingerprint density at radius 1 is 1.15 bits per heavy atom. The highest BCUT2D eigenvalue weighted by atomic mass is 16.6. The van der Waals surface area contributed by atoms with E-state index < -0.39 is 53.1 Å². The molecular formula is C34H51BN6O6. The van der Waals surface area contributed by atoms with E-state index in [1.807, 2.05) is 58.2 Å². The molecule has 9 atom stereocenters. The first-order valence-electron chi connectivity index (χ1n) is 16.7. The zero-order chi connectivity index (χ0) is 34.7. The first-order valence-corrected chi connectivity index (χ1v) is 16.7. The normalized spacial score (nSPS) is 34.3. The lowest BCUT2D eigenvalue weighted by molar-refractivity contribution is -0.170. The number of fused-ring (bicyclic) bond motifs is 1. The molecule has 1 aromatic heterocycles. The summed E-state index contributed by atoms with van der Waals surface area (Å²) in [6.07, 6.45) is 2.12. The molecule has 3 heterocycles. The molecule has 1 amide bonds. The van der Waals surface area contributed by atoms with Crippen LogP contribution in [0.2, 0.25) is 5.82 Å². The number of rotatable bonds is 7. The molecule has 47 heavy (non-hydrogen) atoms. The van der Waals surface area contributed by atoms with Crippen molar-refractivity contribution in [2.75, 3.05) is 25.9 Å². The molecule has 1 aromatic carbocycles. The summed E-state index contributed by atoms with van der Waals surface area (Å²) in [6, 6.07) is 6.73. The van der Waals surface area contributed by atoms with Crippen molar-refractivity contribution in [3.63, 3.8) is 0 Å². The Labute approximate surface area is 279 Å². The number of benzene rings is 1. The molecular weight excluding hydrogens is 599 g/mol. The third-order valence-electron chi connectivity index (χ3n) is 10.2. The molecule has 2 radical (unpaired) electrons. The summed E-state index contributed by atoms with van der Waals surface area (Å²) in [7, 11) is 8.24. The number of hydrogen-bond acceptors (Lipinski definition) is 10. The lowest BCUT2D eigenvalue weighted by Crippen LogP contribution is -2.61. The van der Waals surface area contributed by atoms with Crippen LogP contribution in [0.15, 0.2) is 30.5 Å². The maximum atomic E-state index is 13.6. The SMILES string of the molecule is [B][C@@H]1[C@@H](C)C(=O)[C@@H](C)C(=O)O[C@H](CC)[C@@]2(C)OC(=O)N(CCCn3cc(-c4cccc(N)c4)nn3)[C@@H]2[C@@H](C)NC[C@H](C)C[C@@]1(C)OC. The van der Waals surface area contributed by atoms with Gasteiger partial charge in [-0.25, -0.2) is 4.79 Å². The van der Waals surface area contributed by atoms with Crippen LogP contribution in [-0.2, 0) is 30.3 Å². The van der Waals surface area contributed by atoms with Gasteiger partial charge in [-0.2, -0.15) is 0 Å². The second kappa shape index (κ2) is 14.8. The van der Waals surface area contributed by atoms with E-state index in [9.17, 15) is 14.4 Å². The summed E-state index contributed by atoms with van der Waals surface area (Å²) in [5, 5.41) is 12.2. The predicted molar refractivity (Wildman–Crippen MR) is 180 cm³/mol. The monoisotopic (exact) mass is 650 g/mol. The number of hydrogen-bond donors (Lipinski definition) is 2. The van der Waals surface area contributed by atoms with E-state index in [1.54, 1.807) is 30.5 Å². The maximum Gasteiger partial charge on any atom is 0.410 e. The number of anilines is 1. The van der Waals surface area contributed by atoms with Crippen LogP contribution in [0, 0.1) is 17.8 Å². The molecule has 0 spiro atoms. The molecule has 0 saturated carbocycles. The molecule has 0 aliphatic carbocycles. The van der Waals surface area contributed by atoms with Gasteiger partial charge >= 0.3 is 12.1 Å². The largest absolute Gasteiger partial charge is 0.458 e. The van der Waals surface area contributed by atoms with Crippen LogP contribution < -0.4 is 11.1 Å². The number of methoxy groups -OCH3 is 1. The van der Waals surface area contributed by atoms with Crippen LogP contribution in [-0.4, -0.2) is 95.2 Å². The summed E-state index contributed by atoms with van der Waals surface area (Å²) in [5.74, 6) is -3.21. The summed E-state index contributed by atoms with van der Waals surface area (Å²) >= 11 is 0. The van der Waals surface area contributed by atoms with E-state index in [-0.39, 0.29) is 17.7 Å². The molecule has 256 valence electrons. The molecule has 2 aliphatic heterocycles. The summed E-state index contributed by atoms with van der Waals surface area (Å²) in [5.41, 5.74) is 6.17. The number of cyclic esters (lactones) is 1. The number of Topliss-reactive ketones (excluding diaryl/α,β-unsaturated/α-hetero) is 1. The van der Waals surface area contributed by atoms with E-state index >= 15 is 0 Å². The molecule has 0 bridgehead atoms. The van der Waals surface area contributed by atoms with Gasteiger partial charge < -0.3 is 25.3 Å².